The van der Waals surface area contributed by atoms with Crippen molar-refractivity contribution in [3.63, 3.8) is 0 Å². The van der Waals surface area contributed by atoms with Gasteiger partial charge in [-0.15, -0.1) is 0 Å². The first-order valence-corrected chi connectivity index (χ1v) is 10.9. The number of hydrogen-bond acceptors (Lipinski definition) is 4. The van der Waals surface area contributed by atoms with Gasteiger partial charge in [0.25, 0.3) is 5.91 Å². The predicted octanol–water partition coefficient (Wildman–Crippen LogP) is 3.27. The van der Waals surface area contributed by atoms with Gasteiger partial charge in [0, 0.05) is 11.6 Å². The fourth-order valence-electron chi connectivity index (χ4n) is 4.97. The fourth-order valence-corrected chi connectivity index (χ4v) is 4.97. The second kappa shape index (κ2) is 7.11. The van der Waals surface area contributed by atoms with E-state index in [0.29, 0.717) is 18.0 Å². The number of carbonyl (C=O) groups is 3. The topological polar surface area (TPSA) is 107 Å². The van der Waals surface area contributed by atoms with Crippen molar-refractivity contribution in [2.75, 3.05) is 11.9 Å². The number of imide groups is 1. The van der Waals surface area contributed by atoms with Crippen LogP contribution in [0.25, 0.3) is 11.0 Å². The Hall–Kier alpha value is -2.90. The third-order valence-corrected chi connectivity index (χ3v) is 7.08. The summed E-state index contributed by atoms with van der Waals surface area (Å²) >= 11 is 0. The first-order chi connectivity index (χ1) is 14.5. The number of aromatic nitrogens is 2. The summed E-state index contributed by atoms with van der Waals surface area (Å²) in [6.07, 6.45) is 7.07. The van der Waals surface area contributed by atoms with Crippen molar-refractivity contribution in [3.05, 3.63) is 24.0 Å². The summed E-state index contributed by atoms with van der Waals surface area (Å²) in [5, 5.41) is 5.69. The highest BCUT2D eigenvalue weighted by atomic mass is 16.2. The molecule has 2 heterocycles. The van der Waals surface area contributed by atoms with E-state index in [1.165, 1.54) is 6.42 Å². The standard InChI is InChI=1S/C22H27N5O3/c1-13-5-2-3-10-22(13)20(29)27(21(30)26-22)12-18(28)23-15-8-9-16-17(11-15)25-19(24-16)14-6-4-7-14/h8-9,11,13-14H,2-7,10,12H2,1H3,(H,23,28)(H,24,25)(H,26,30). The molecule has 0 bridgehead atoms. The maximum atomic E-state index is 13.0. The van der Waals surface area contributed by atoms with Gasteiger partial charge in [-0.25, -0.2) is 9.78 Å². The minimum absolute atomic E-state index is 0.0726. The molecular formula is C22H27N5O3. The van der Waals surface area contributed by atoms with Gasteiger partial charge in [0.05, 0.1) is 11.0 Å². The third kappa shape index (κ3) is 3.05. The molecule has 4 amide bonds. The zero-order valence-electron chi connectivity index (χ0n) is 17.2. The van der Waals surface area contributed by atoms with Crippen LogP contribution >= 0.6 is 0 Å². The van der Waals surface area contributed by atoms with E-state index in [1.54, 1.807) is 6.07 Å². The SMILES string of the molecule is CC1CCCCC12NC(=O)N(CC(=O)Nc1ccc3nc(C4CCC4)[nH]c3c1)C2=O. The van der Waals surface area contributed by atoms with Gasteiger partial charge in [-0.05, 0) is 49.8 Å². The Balaban J connectivity index is 1.27. The molecule has 1 aromatic heterocycles. The lowest BCUT2D eigenvalue weighted by atomic mass is 9.73. The summed E-state index contributed by atoms with van der Waals surface area (Å²) in [6, 6.07) is 5.04. The molecule has 2 aliphatic carbocycles. The van der Waals surface area contributed by atoms with Gasteiger partial charge in [-0.3, -0.25) is 14.5 Å². The molecule has 3 N–H and O–H groups in total. The molecule has 2 unspecified atom stereocenters. The molecule has 1 aliphatic heterocycles. The summed E-state index contributed by atoms with van der Waals surface area (Å²) < 4.78 is 0. The van der Waals surface area contributed by atoms with Crippen LogP contribution in [0.4, 0.5) is 10.5 Å². The summed E-state index contributed by atoms with van der Waals surface area (Å²) in [7, 11) is 0. The van der Waals surface area contributed by atoms with Crippen LogP contribution in [-0.4, -0.2) is 44.8 Å². The molecule has 158 valence electrons. The Morgan fingerprint density at radius 2 is 2.07 bits per heavy atom. The number of aromatic amines is 1. The lowest BCUT2D eigenvalue weighted by Gasteiger charge is -2.36. The lowest BCUT2D eigenvalue weighted by molar-refractivity contribution is -0.136. The lowest BCUT2D eigenvalue weighted by Crippen LogP contribution is -2.54. The number of urea groups is 1. The third-order valence-electron chi connectivity index (χ3n) is 7.08. The van der Waals surface area contributed by atoms with E-state index < -0.39 is 17.5 Å². The number of benzene rings is 1. The van der Waals surface area contributed by atoms with Crippen molar-refractivity contribution in [1.82, 2.24) is 20.2 Å². The van der Waals surface area contributed by atoms with Gasteiger partial charge in [-0.1, -0.05) is 26.2 Å². The van der Waals surface area contributed by atoms with Crippen LogP contribution in [0.5, 0.6) is 0 Å². The van der Waals surface area contributed by atoms with Gasteiger partial charge in [0.15, 0.2) is 0 Å². The Kier molecular flexibility index (Phi) is 4.52. The predicted molar refractivity (Wildman–Crippen MR) is 112 cm³/mol. The average molecular weight is 409 g/mol. The normalized spacial score (nSPS) is 26.8. The number of hydrogen-bond donors (Lipinski definition) is 3. The zero-order valence-corrected chi connectivity index (χ0v) is 17.2. The van der Waals surface area contributed by atoms with E-state index in [4.69, 9.17) is 0 Å². The number of H-pyrrole nitrogens is 1. The van der Waals surface area contributed by atoms with Crippen LogP contribution in [0.2, 0.25) is 0 Å². The Morgan fingerprint density at radius 1 is 1.23 bits per heavy atom. The van der Waals surface area contributed by atoms with Crippen molar-refractivity contribution in [1.29, 1.82) is 0 Å². The molecular weight excluding hydrogens is 382 g/mol. The highest BCUT2D eigenvalue weighted by molar-refractivity contribution is 6.10. The molecule has 30 heavy (non-hydrogen) atoms. The number of imidazole rings is 1. The van der Waals surface area contributed by atoms with E-state index in [-0.39, 0.29) is 18.4 Å². The number of anilines is 1. The molecule has 5 rings (SSSR count). The molecule has 2 aromatic rings. The number of carbonyl (C=O) groups excluding carboxylic acids is 3. The largest absolute Gasteiger partial charge is 0.342 e. The van der Waals surface area contributed by atoms with E-state index >= 15 is 0 Å². The quantitative estimate of drug-likeness (QED) is 0.674. The average Bonchev–Trinajstić information content (AvgIpc) is 3.17. The monoisotopic (exact) mass is 409 g/mol. The van der Waals surface area contributed by atoms with Crippen LogP contribution in [0.1, 0.15) is 63.6 Å². The molecule has 1 aromatic carbocycles. The number of nitrogens with zero attached hydrogens (tertiary/aromatic N) is 2. The van der Waals surface area contributed by atoms with Gasteiger partial charge in [0.2, 0.25) is 5.91 Å². The van der Waals surface area contributed by atoms with Crippen molar-refractivity contribution < 1.29 is 14.4 Å². The second-order valence-corrected chi connectivity index (χ2v) is 8.97. The van der Waals surface area contributed by atoms with Crippen LogP contribution in [-0.2, 0) is 9.59 Å². The Bertz CT molecular complexity index is 1030. The van der Waals surface area contributed by atoms with Crippen molar-refractivity contribution >= 4 is 34.6 Å². The van der Waals surface area contributed by atoms with Crippen LogP contribution in [0.3, 0.4) is 0 Å². The molecule has 3 aliphatic rings. The van der Waals surface area contributed by atoms with Gasteiger partial charge < -0.3 is 15.6 Å². The Labute approximate surface area is 174 Å². The summed E-state index contributed by atoms with van der Waals surface area (Å²) in [4.78, 5) is 47.1. The minimum Gasteiger partial charge on any atom is -0.342 e. The van der Waals surface area contributed by atoms with E-state index in [1.807, 2.05) is 19.1 Å². The molecule has 2 atom stereocenters. The molecule has 8 nitrogen and oxygen atoms in total. The van der Waals surface area contributed by atoms with Crippen molar-refractivity contribution in [2.45, 2.75) is 63.3 Å². The van der Waals surface area contributed by atoms with Gasteiger partial charge >= 0.3 is 6.03 Å². The second-order valence-electron chi connectivity index (χ2n) is 8.97. The molecule has 3 fully saturated rings. The first kappa shape index (κ1) is 19.1. The maximum Gasteiger partial charge on any atom is 0.325 e. The highest BCUT2D eigenvalue weighted by Crippen LogP contribution is 2.38. The van der Waals surface area contributed by atoms with E-state index in [9.17, 15) is 14.4 Å². The summed E-state index contributed by atoms with van der Waals surface area (Å²) in [6.45, 7) is 1.71. The molecule has 1 spiro atoms. The smallest absolute Gasteiger partial charge is 0.325 e. The Morgan fingerprint density at radius 3 is 2.80 bits per heavy atom. The van der Waals surface area contributed by atoms with Crippen molar-refractivity contribution in [3.8, 4) is 0 Å². The molecule has 8 heteroatoms. The number of nitrogens with one attached hydrogen (secondary N) is 3. The van der Waals surface area contributed by atoms with Crippen LogP contribution in [0.15, 0.2) is 18.2 Å². The number of rotatable bonds is 4. The maximum absolute atomic E-state index is 13.0. The molecule has 1 saturated heterocycles. The molecule has 2 saturated carbocycles. The van der Waals surface area contributed by atoms with Gasteiger partial charge in [-0.2, -0.15) is 0 Å². The van der Waals surface area contributed by atoms with E-state index in [0.717, 1.165) is 53.9 Å². The zero-order chi connectivity index (χ0) is 20.9. The highest BCUT2D eigenvalue weighted by Gasteiger charge is 2.55. The van der Waals surface area contributed by atoms with Crippen LogP contribution in [0, 0.1) is 5.92 Å². The van der Waals surface area contributed by atoms with E-state index in [2.05, 4.69) is 20.6 Å². The summed E-state index contributed by atoms with van der Waals surface area (Å²) in [5.41, 5.74) is 1.52. The first-order valence-electron chi connectivity index (χ1n) is 10.9. The number of fused-ring (bicyclic) bond motifs is 1. The van der Waals surface area contributed by atoms with Gasteiger partial charge in [0.1, 0.15) is 17.9 Å². The molecule has 0 radical (unpaired) electrons. The van der Waals surface area contributed by atoms with Crippen LogP contribution < -0.4 is 10.6 Å². The summed E-state index contributed by atoms with van der Waals surface area (Å²) in [5.74, 6) is 0.917. The minimum atomic E-state index is -0.845. The van der Waals surface area contributed by atoms with Crippen molar-refractivity contribution in [2.24, 2.45) is 5.92 Å². The fraction of sp³-hybridized carbons (Fsp3) is 0.545. The number of amides is 4.